The Morgan fingerprint density at radius 2 is 2.04 bits per heavy atom. The Morgan fingerprint density at radius 3 is 2.58 bits per heavy atom. The fraction of sp³-hybridized carbons (Fsp3) is 0.500. The summed E-state index contributed by atoms with van der Waals surface area (Å²) in [7, 11) is 0. The first-order valence-electron chi connectivity index (χ1n) is 7.70. The van der Waals surface area contributed by atoms with Crippen molar-refractivity contribution in [3.8, 4) is 0 Å². The molecule has 1 saturated carbocycles. The van der Waals surface area contributed by atoms with E-state index in [9.17, 15) is 23.5 Å². The van der Waals surface area contributed by atoms with E-state index in [2.05, 4.69) is 5.32 Å². The number of rotatable bonds is 3. The molecule has 2 aliphatic rings. The number of urea groups is 1. The summed E-state index contributed by atoms with van der Waals surface area (Å²) >= 11 is 0.950. The highest BCUT2D eigenvalue weighted by molar-refractivity contribution is 7.98. The second kappa shape index (κ2) is 6.23. The molecule has 1 aliphatic carbocycles. The lowest BCUT2D eigenvalue weighted by Crippen LogP contribution is -2.38. The van der Waals surface area contributed by atoms with Gasteiger partial charge in [-0.25, -0.2) is 13.6 Å². The zero-order valence-corrected chi connectivity index (χ0v) is 14.0. The van der Waals surface area contributed by atoms with Crippen molar-refractivity contribution in [2.24, 2.45) is 11.3 Å². The molecule has 0 unspecified atom stereocenters. The van der Waals surface area contributed by atoms with Crippen LogP contribution in [0.3, 0.4) is 0 Å². The van der Waals surface area contributed by atoms with Crippen molar-refractivity contribution >= 4 is 29.4 Å². The van der Waals surface area contributed by atoms with Crippen molar-refractivity contribution in [3.63, 3.8) is 0 Å². The molecule has 0 aromatic heterocycles. The van der Waals surface area contributed by atoms with E-state index >= 15 is 0 Å². The second-order valence-corrected chi connectivity index (χ2v) is 7.15. The number of carboxylic acids is 1. The molecule has 130 valence electrons. The average molecular weight is 356 g/mol. The van der Waals surface area contributed by atoms with Gasteiger partial charge in [-0.2, -0.15) is 0 Å². The molecule has 8 heteroatoms. The average Bonchev–Trinajstić information content (AvgIpc) is 3.04. The van der Waals surface area contributed by atoms with Crippen LogP contribution in [0, 0.1) is 23.0 Å². The number of anilines is 1. The van der Waals surface area contributed by atoms with Gasteiger partial charge in [0.05, 0.1) is 10.3 Å². The summed E-state index contributed by atoms with van der Waals surface area (Å²) in [4.78, 5) is 25.3. The molecule has 1 aromatic rings. The van der Waals surface area contributed by atoms with Crippen molar-refractivity contribution in [2.75, 3.05) is 24.7 Å². The Morgan fingerprint density at radius 1 is 1.38 bits per heavy atom. The van der Waals surface area contributed by atoms with E-state index in [1.165, 1.54) is 4.90 Å². The topological polar surface area (TPSA) is 69.6 Å². The van der Waals surface area contributed by atoms with Gasteiger partial charge in [0.1, 0.15) is 11.6 Å². The van der Waals surface area contributed by atoms with Crippen molar-refractivity contribution in [1.29, 1.82) is 0 Å². The summed E-state index contributed by atoms with van der Waals surface area (Å²) in [6, 6.07) is 1.61. The lowest BCUT2D eigenvalue weighted by Gasteiger charge is -2.23. The van der Waals surface area contributed by atoms with Crippen LogP contribution in [0.1, 0.15) is 19.3 Å². The number of carbonyl (C=O) groups is 2. The van der Waals surface area contributed by atoms with E-state index in [0.717, 1.165) is 36.7 Å². The molecule has 2 amide bonds. The largest absolute Gasteiger partial charge is 0.481 e. The van der Waals surface area contributed by atoms with Gasteiger partial charge in [0.15, 0.2) is 0 Å². The van der Waals surface area contributed by atoms with Gasteiger partial charge in [-0.1, -0.05) is 6.42 Å². The molecule has 2 N–H and O–H groups in total. The Hall–Kier alpha value is -1.83. The van der Waals surface area contributed by atoms with Crippen LogP contribution in [0.15, 0.2) is 17.0 Å². The minimum absolute atomic E-state index is 0.0224. The molecule has 5 nitrogen and oxygen atoms in total. The van der Waals surface area contributed by atoms with Crippen LogP contribution in [0.2, 0.25) is 0 Å². The minimum Gasteiger partial charge on any atom is -0.481 e. The molecule has 2 atom stereocenters. The van der Waals surface area contributed by atoms with Gasteiger partial charge in [0.25, 0.3) is 0 Å². The van der Waals surface area contributed by atoms with Gasteiger partial charge >= 0.3 is 12.0 Å². The molecule has 1 aromatic carbocycles. The van der Waals surface area contributed by atoms with E-state index in [4.69, 9.17) is 0 Å². The van der Waals surface area contributed by atoms with Crippen LogP contribution in [-0.2, 0) is 4.79 Å². The van der Waals surface area contributed by atoms with Crippen LogP contribution in [0.4, 0.5) is 19.3 Å². The summed E-state index contributed by atoms with van der Waals surface area (Å²) in [6.45, 7) is 0.485. The Labute approximate surface area is 142 Å². The van der Waals surface area contributed by atoms with Crippen LogP contribution >= 0.6 is 11.8 Å². The first kappa shape index (κ1) is 17.0. The summed E-state index contributed by atoms with van der Waals surface area (Å²) < 4.78 is 27.6. The second-order valence-electron chi connectivity index (χ2n) is 6.33. The number of hydrogen-bond acceptors (Lipinski definition) is 3. The highest BCUT2D eigenvalue weighted by atomic mass is 32.2. The highest BCUT2D eigenvalue weighted by Gasteiger charge is 2.55. The molecule has 0 radical (unpaired) electrons. The molecule has 1 saturated heterocycles. The number of carboxylic acid groups (broad SMARTS) is 1. The number of carbonyl (C=O) groups excluding carboxylic acids is 1. The monoisotopic (exact) mass is 356 g/mol. The van der Waals surface area contributed by atoms with E-state index in [1.807, 2.05) is 0 Å². The predicted molar refractivity (Wildman–Crippen MR) is 86.1 cm³/mol. The van der Waals surface area contributed by atoms with Crippen molar-refractivity contribution in [2.45, 2.75) is 24.2 Å². The Balaban J connectivity index is 1.74. The molecule has 1 aliphatic heterocycles. The van der Waals surface area contributed by atoms with Crippen molar-refractivity contribution in [3.05, 3.63) is 23.8 Å². The number of nitrogens with zero attached hydrogens (tertiary/aromatic N) is 1. The van der Waals surface area contributed by atoms with E-state index in [-0.39, 0.29) is 23.0 Å². The summed E-state index contributed by atoms with van der Waals surface area (Å²) in [5.41, 5.74) is -0.856. The Kier molecular flexibility index (Phi) is 4.42. The number of fused-ring (bicyclic) bond motifs is 1. The maximum atomic E-state index is 13.8. The lowest BCUT2D eigenvalue weighted by atomic mass is 9.81. The number of amides is 2. The molecule has 2 fully saturated rings. The number of benzene rings is 1. The van der Waals surface area contributed by atoms with Crippen LogP contribution in [0.25, 0.3) is 0 Å². The predicted octanol–water partition coefficient (Wildman–Crippen LogP) is 3.41. The van der Waals surface area contributed by atoms with Gasteiger partial charge in [0.2, 0.25) is 0 Å². The Bertz CT molecular complexity index is 677. The quantitative estimate of drug-likeness (QED) is 0.815. The van der Waals surface area contributed by atoms with Gasteiger partial charge in [-0.05, 0) is 37.1 Å². The third-order valence-corrected chi connectivity index (χ3v) is 5.84. The number of aliphatic carboxylic acids is 1. The van der Waals surface area contributed by atoms with E-state index < -0.39 is 29.0 Å². The normalized spacial score (nSPS) is 25.6. The van der Waals surface area contributed by atoms with Crippen LogP contribution < -0.4 is 5.32 Å². The third kappa shape index (κ3) is 2.72. The highest BCUT2D eigenvalue weighted by Crippen LogP contribution is 2.48. The molecular weight excluding hydrogens is 338 g/mol. The number of likely N-dealkylation sites (tertiary alicyclic amines) is 1. The van der Waals surface area contributed by atoms with E-state index in [1.54, 1.807) is 6.26 Å². The molecule has 1 heterocycles. The minimum atomic E-state index is -0.878. The van der Waals surface area contributed by atoms with Gasteiger partial charge in [-0.15, -0.1) is 11.8 Å². The van der Waals surface area contributed by atoms with Gasteiger partial charge in [-0.3, -0.25) is 4.79 Å². The molecule has 3 rings (SSSR count). The zero-order valence-electron chi connectivity index (χ0n) is 13.1. The summed E-state index contributed by atoms with van der Waals surface area (Å²) in [5, 5.41) is 12.0. The smallest absolute Gasteiger partial charge is 0.321 e. The maximum Gasteiger partial charge on any atom is 0.321 e. The maximum absolute atomic E-state index is 13.8. The molecular formula is C16H18F2N2O3S. The fourth-order valence-electron chi connectivity index (χ4n) is 3.82. The van der Waals surface area contributed by atoms with E-state index in [0.29, 0.717) is 13.0 Å². The number of thioether (sulfide) groups is 1. The molecule has 0 bridgehead atoms. The van der Waals surface area contributed by atoms with Crippen LogP contribution in [0.5, 0.6) is 0 Å². The van der Waals surface area contributed by atoms with Gasteiger partial charge in [0, 0.05) is 18.8 Å². The lowest BCUT2D eigenvalue weighted by molar-refractivity contribution is -0.149. The van der Waals surface area contributed by atoms with Crippen molar-refractivity contribution < 1.29 is 23.5 Å². The van der Waals surface area contributed by atoms with Crippen molar-refractivity contribution in [1.82, 2.24) is 4.90 Å². The third-order valence-electron chi connectivity index (χ3n) is 5.04. The first-order chi connectivity index (χ1) is 11.4. The van der Waals surface area contributed by atoms with Gasteiger partial charge < -0.3 is 15.3 Å². The number of nitrogens with one attached hydrogen (secondary N) is 1. The molecule has 0 spiro atoms. The summed E-state index contributed by atoms with van der Waals surface area (Å²) in [5.74, 6) is -2.41. The number of hydrogen-bond donors (Lipinski definition) is 2. The SMILES string of the molecule is CSc1c(F)cc(NC(=O)N2C[C@@H]3CCC[C@@]3(C(=O)O)C2)cc1F. The molecule has 24 heavy (non-hydrogen) atoms. The fourth-order valence-corrected chi connectivity index (χ4v) is 4.33. The summed E-state index contributed by atoms with van der Waals surface area (Å²) in [6.07, 6.45) is 3.75. The van der Waals surface area contributed by atoms with Crippen LogP contribution in [-0.4, -0.2) is 41.4 Å². The zero-order chi connectivity index (χ0) is 17.5. The number of halogens is 2. The standard InChI is InChI=1S/C16H18F2N2O3S/c1-24-13-11(17)5-10(6-12(13)18)19-15(23)20-7-9-3-2-4-16(9,8-20)14(21)22/h5-6,9H,2-4,7-8H2,1H3,(H,19,23)(H,21,22)/t9-,16+/m0/s1. The first-order valence-corrected chi connectivity index (χ1v) is 8.92.